The first kappa shape index (κ1) is 25.9. The molecular weight excluding hydrogens is 483 g/mol. The number of methoxy groups -OCH3 is 3. The van der Waals surface area contributed by atoms with E-state index in [9.17, 15) is 12.8 Å². The predicted octanol–water partition coefficient (Wildman–Crippen LogP) is 4.32. The normalized spacial score (nSPS) is 16.8. The molecule has 0 aromatic heterocycles. The number of rotatable bonds is 9. The Labute approximate surface area is 211 Å². The Balaban J connectivity index is 1.72. The summed E-state index contributed by atoms with van der Waals surface area (Å²) in [6.45, 7) is 2.78. The zero-order chi connectivity index (χ0) is 25.9. The van der Waals surface area contributed by atoms with E-state index in [0.29, 0.717) is 42.3 Å². The second-order valence-corrected chi connectivity index (χ2v) is 10.5. The van der Waals surface area contributed by atoms with Crippen molar-refractivity contribution >= 4 is 10.0 Å². The number of fused-ring (bicyclic) bond motifs is 1. The average molecular weight is 515 g/mol. The molecule has 3 aromatic rings. The van der Waals surface area contributed by atoms with Crippen LogP contribution in [0.15, 0.2) is 65.6 Å². The van der Waals surface area contributed by atoms with Gasteiger partial charge < -0.3 is 14.2 Å². The third-order valence-corrected chi connectivity index (χ3v) is 8.12. The number of ether oxygens (including phenoxy) is 3. The number of nitrogens with one attached hydrogen (secondary N) is 1. The lowest BCUT2D eigenvalue weighted by Crippen LogP contribution is -2.47. The van der Waals surface area contributed by atoms with Crippen LogP contribution in [0.5, 0.6) is 17.2 Å². The zero-order valence-corrected chi connectivity index (χ0v) is 21.6. The van der Waals surface area contributed by atoms with Gasteiger partial charge in [0.1, 0.15) is 11.6 Å². The summed E-state index contributed by atoms with van der Waals surface area (Å²) < 4.78 is 60.1. The second-order valence-electron chi connectivity index (χ2n) is 8.75. The molecule has 36 heavy (non-hydrogen) atoms. The van der Waals surface area contributed by atoms with Gasteiger partial charge in [0, 0.05) is 24.7 Å². The molecule has 0 saturated heterocycles. The van der Waals surface area contributed by atoms with Gasteiger partial charge >= 0.3 is 0 Å². The quantitative estimate of drug-likeness (QED) is 0.458. The lowest BCUT2D eigenvalue weighted by Gasteiger charge is -2.41. The van der Waals surface area contributed by atoms with Gasteiger partial charge in [-0.2, -0.15) is 0 Å². The predicted molar refractivity (Wildman–Crippen MR) is 136 cm³/mol. The number of nitrogens with zero attached hydrogens (tertiary/aromatic N) is 1. The number of hydrogen-bond donors (Lipinski definition) is 1. The van der Waals surface area contributed by atoms with Crippen molar-refractivity contribution in [3.63, 3.8) is 0 Å². The molecule has 0 bridgehead atoms. The summed E-state index contributed by atoms with van der Waals surface area (Å²) in [7, 11) is 0.842. The Morgan fingerprint density at radius 3 is 2.31 bits per heavy atom. The minimum atomic E-state index is -3.83. The number of halogens is 1. The number of sulfonamides is 1. The number of hydrogen-bond acceptors (Lipinski definition) is 6. The zero-order valence-electron chi connectivity index (χ0n) is 20.8. The molecule has 7 nitrogen and oxygen atoms in total. The van der Waals surface area contributed by atoms with Crippen molar-refractivity contribution in [2.24, 2.45) is 0 Å². The minimum Gasteiger partial charge on any atom is -0.497 e. The smallest absolute Gasteiger partial charge is 0.240 e. The molecule has 0 radical (unpaired) electrons. The highest BCUT2D eigenvalue weighted by atomic mass is 32.2. The summed E-state index contributed by atoms with van der Waals surface area (Å²) in [5, 5.41) is 0. The van der Waals surface area contributed by atoms with Crippen LogP contribution in [0.2, 0.25) is 0 Å². The van der Waals surface area contributed by atoms with Crippen molar-refractivity contribution in [1.82, 2.24) is 9.62 Å². The standard InChI is InChI=1S/C27H31FN2O5S/c1-18(29-36(31,32)22-11-9-21(33-2)10-12-22)27-23-16-26(35-4)25(34-3)15-19(23)13-14-30(27)17-20-7-5-6-8-24(20)28/h5-12,15-16,18,27,29H,13-14,17H2,1-4H3/t18-,27+/m0/s1. The van der Waals surface area contributed by atoms with Gasteiger partial charge in [-0.3, -0.25) is 4.90 Å². The molecule has 4 rings (SSSR count). The van der Waals surface area contributed by atoms with Crippen molar-refractivity contribution in [2.45, 2.75) is 36.9 Å². The Morgan fingerprint density at radius 2 is 1.67 bits per heavy atom. The lowest BCUT2D eigenvalue weighted by atomic mass is 9.88. The van der Waals surface area contributed by atoms with Crippen molar-refractivity contribution in [3.05, 3.63) is 83.2 Å². The first-order chi connectivity index (χ1) is 17.3. The highest BCUT2D eigenvalue weighted by Crippen LogP contribution is 2.40. The van der Waals surface area contributed by atoms with Crippen LogP contribution in [-0.4, -0.2) is 47.2 Å². The molecule has 0 saturated carbocycles. The molecule has 1 aliphatic heterocycles. The molecule has 1 heterocycles. The van der Waals surface area contributed by atoms with Crippen LogP contribution in [0.3, 0.4) is 0 Å². The van der Waals surface area contributed by atoms with Gasteiger partial charge in [0.25, 0.3) is 0 Å². The van der Waals surface area contributed by atoms with E-state index in [4.69, 9.17) is 14.2 Å². The van der Waals surface area contributed by atoms with E-state index in [-0.39, 0.29) is 16.8 Å². The van der Waals surface area contributed by atoms with Gasteiger partial charge in [0.15, 0.2) is 11.5 Å². The number of benzene rings is 3. The molecule has 192 valence electrons. The summed E-state index contributed by atoms with van der Waals surface area (Å²) >= 11 is 0. The van der Waals surface area contributed by atoms with E-state index >= 15 is 0 Å². The maximum absolute atomic E-state index is 14.6. The Hall–Kier alpha value is -3.14. The summed E-state index contributed by atoms with van der Waals surface area (Å²) in [6.07, 6.45) is 0.707. The van der Waals surface area contributed by atoms with Crippen LogP contribution in [0.25, 0.3) is 0 Å². The molecule has 3 aromatic carbocycles. The van der Waals surface area contributed by atoms with Gasteiger partial charge in [-0.15, -0.1) is 0 Å². The summed E-state index contributed by atoms with van der Waals surface area (Å²) in [5.74, 6) is 1.45. The van der Waals surface area contributed by atoms with Crippen LogP contribution >= 0.6 is 0 Å². The summed E-state index contributed by atoms with van der Waals surface area (Å²) in [6, 6.07) is 15.8. The molecule has 1 N–H and O–H groups in total. The monoisotopic (exact) mass is 514 g/mol. The van der Waals surface area contributed by atoms with Crippen molar-refractivity contribution < 1.29 is 27.0 Å². The van der Waals surface area contributed by atoms with Crippen LogP contribution < -0.4 is 18.9 Å². The van der Waals surface area contributed by atoms with Crippen molar-refractivity contribution in [1.29, 1.82) is 0 Å². The molecule has 9 heteroatoms. The van der Waals surface area contributed by atoms with Gasteiger partial charge in [0.05, 0.1) is 32.3 Å². The fourth-order valence-electron chi connectivity index (χ4n) is 4.77. The largest absolute Gasteiger partial charge is 0.497 e. The first-order valence-electron chi connectivity index (χ1n) is 11.7. The molecule has 0 fully saturated rings. The van der Waals surface area contributed by atoms with Crippen molar-refractivity contribution in [2.75, 3.05) is 27.9 Å². The third-order valence-electron chi connectivity index (χ3n) is 6.54. The average Bonchev–Trinajstić information content (AvgIpc) is 2.88. The Bertz CT molecular complexity index is 1310. The maximum atomic E-state index is 14.6. The first-order valence-corrected chi connectivity index (χ1v) is 13.1. The molecule has 0 aliphatic carbocycles. The van der Waals surface area contributed by atoms with Gasteiger partial charge in [0.2, 0.25) is 10.0 Å². The van der Waals surface area contributed by atoms with Crippen LogP contribution in [0.1, 0.15) is 29.7 Å². The molecule has 0 unspecified atom stereocenters. The lowest BCUT2D eigenvalue weighted by molar-refractivity contribution is 0.148. The van der Waals surface area contributed by atoms with Crippen LogP contribution in [-0.2, 0) is 23.0 Å². The van der Waals surface area contributed by atoms with E-state index in [1.807, 2.05) is 19.1 Å². The molecule has 0 spiro atoms. The van der Waals surface area contributed by atoms with Crippen molar-refractivity contribution in [3.8, 4) is 17.2 Å². The second kappa shape index (κ2) is 10.9. The van der Waals surface area contributed by atoms with Gasteiger partial charge in [-0.1, -0.05) is 18.2 Å². The summed E-state index contributed by atoms with van der Waals surface area (Å²) in [5.41, 5.74) is 2.51. The van der Waals surface area contributed by atoms with E-state index in [2.05, 4.69) is 9.62 Å². The topological polar surface area (TPSA) is 77.1 Å². The fourth-order valence-corrected chi connectivity index (χ4v) is 6.02. The maximum Gasteiger partial charge on any atom is 0.240 e. The van der Waals surface area contributed by atoms with Crippen LogP contribution in [0.4, 0.5) is 4.39 Å². The molecular formula is C27H31FN2O5S. The highest BCUT2D eigenvalue weighted by Gasteiger charge is 2.35. The van der Waals surface area contributed by atoms with E-state index in [0.717, 1.165) is 11.1 Å². The molecule has 1 aliphatic rings. The SMILES string of the molecule is COc1ccc(S(=O)(=O)N[C@@H](C)[C@@H]2c3cc(OC)c(OC)cc3CCN2Cc2ccccc2F)cc1. The molecule has 0 amide bonds. The van der Waals surface area contributed by atoms with Gasteiger partial charge in [-0.05, 0) is 66.9 Å². The summed E-state index contributed by atoms with van der Waals surface area (Å²) in [4.78, 5) is 2.24. The van der Waals surface area contributed by atoms with E-state index in [1.54, 1.807) is 44.6 Å². The third kappa shape index (κ3) is 5.33. The Kier molecular flexibility index (Phi) is 7.82. The minimum absolute atomic E-state index is 0.138. The highest BCUT2D eigenvalue weighted by molar-refractivity contribution is 7.89. The van der Waals surface area contributed by atoms with E-state index in [1.165, 1.54) is 25.3 Å². The molecule has 2 atom stereocenters. The Morgan fingerprint density at radius 1 is 1.00 bits per heavy atom. The fraction of sp³-hybridized carbons (Fsp3) is 0.333. The van der Waals surface area contributed by atoms with Crippen LogP contribution in [0, 0.1) is 5.82 Å². The van der Waals surface area contributed by atoms with E-state index < -0.39 is 16.1 Å². The van der Waals surface area contributed by atoms with Gasteiger partial charge in [-0.25, -0.2) is 17.5 Å².